The smallest absolute Gasteiger partial charge is 0.164 e. The zero-order valence-corrected chi connectivity index (χ0v) is 59.8. The van der Waals surface area contributed by atoms with Gasteiger partial charge in [0.2, 0.25) is 0 Å². The van der Waals surface area contributed by atoms with E-state index in [9.17, 15) is 0 Å². The van der Waals surface area contributed by atoms with Crippen molar-refractivity contribution in [3.8, 4) is 168 Å². The largest absolute Gasteiger partial charge is 0.228 e. The Hall–Kier alpha value is -14.4. The van der Waals surface area contributed by atoms with Crippen LogP contribution < -0.4 is 0 Å². The summed E-state index contributed by atoms with van der Waals surface area (Å²) in [6.07, 6.45) is 0. The summed E-state index contributed by atoms with van der Waals surface area (Å²) in [6, 6.07) is 144. The lowest BCUT2D eigenvalue weighted by Crippen LogP contribution is -2.29. The highest BCUT2D eigenvalue weighted by atomic mass is 15.0. The Morgan fingerprint density at radius 3 is 0.845 bits per heavy atom. The van der Waals surface area contributed by atoms with E-state index in [1.54, 1.807) is 0 Å². The Morgan fingerprint density at radius 1 is 0.127 bits per heavy atom. The maximum Gasteiger partial charge on any atom is 0.164 e. The van der Waals surface area contributed by atoms with Gasteiger partial charge in [0.15, 0.2) is 23.3 Å². The lowest BCUT2D eigenvalue weighted by molar-refractivity contribution is 0.775. The molecule has 0 saturated carbocycles. The zero-order valence-electron chi connectivity index (χ0n) is 59.8. The molecule has 5 nitrogen and oxygen atoms in total. The van der Waals surface area contributed by atoms with Gasteiger partial charge in [0.05, 0.1) is 22.2 Å². The molecule has 5 heteroatoms. The summed E-state index contributed by atoms with van der Waals surface area (Å²) in [7, 11) is 0. The lowest BCUT2D eigenvalue weighted by atomic mass is 9.65. The summed E-state index contributed by atoms with van der Waals surface area (Å²) in [6.45, 7) is 0. The predicted octanol–water partition coefficient (Wildman–Crippen LogP) is 25.7. The second-order valence-corrected chi connectivity index (χ2v) is 29.2. The minimum absolute atomic E-state index is 0.577. The molecule has 0 saturated heterocycles. The van der Waals surface area contributed by atoms with Gasteiger partial charge in [0.1, 0.15) is 0 Å². The van der Waals surface area contributed by atoms with Crippen LogP contribution in [0.15, 0.2) is 394 Å². The van der Waals surface area contributed by atoms with Crippen LogP contribution in [0.3, 0.4) is 0 Å². The lowest BCUT2D eigenvalue weighted by Gasteiger charge is -2.35. The van der Waals surface area contributed by atoms with Gasteiger partial charge >= 0.3 is 0 Å². The van der Waals surface area contributed by atoms with Crippen LogP contribution in [0.5, 0.6) is 0 Å². The van der Waals surface area contributed by atoms with Gasteiger partial charge in [-0.3, -0.25) is 0 Å². The first kappa shape index (κ1) is 62.9. The molecule has 22 rings (SSSR count). The second-order valence-electron chi connectivity index (χ2n) is 29.2. The van der Waals surface area contributed by atoms with Gasteiger partial charge in [-0.15, -0.1) is 0 Å². The van der Waals surface area contributed by atoms with E-state index in [4.69, 9.17) is 24.9 Å². The van der Waals surface area contributed by atoms with E-state index in [2.05, 4.69) is 376 Å². The normalized spacial score (nSPS) is 13.1. The third-order valence-corrected chi connectivity index (χ3v) is 23.5. The highest BCUT2D eigenvalue weighted by Gasteiger charge is 2.51. The summed E-state index contributed by atoms with van der Waals surface area (Å²) in [4.78, 5) is 27.0. The molecule has 4 aliphatic carbocycles. The molecule has 16 aromatic carbocycles. The SMILES string of the molecule is c1ccc(-c2cc(-c3cccc(-c4ccc(-c5ccc(-c6cccc(-c7nc(-c8ccccc8)nc(-c8ccc9c(c8)C8(c%10ccccc%10-c%10ccccc%10-9)c9ccccc9-c9ccccc98)n7)c6)cc5)cc4)c3)nc(-c3ccc4c(c3)-c3ccccc3-c3ccccc3C43c4ccccc4-c4ccccc43)n2)cc1. The van der Waals surface area contributed by atoms with Crippen LogP contribution in [-0.4, -0.2) is 24.9 Å². The average molecular weight is 1400 g/mol. The van der Waals surface area contributed by atoms with Crippen molar-refractivity contribution in [2.75, 3.05) is 0 Å². The van der Waals surface area contributed by atoms with Crippen molar-refractivity contribution in [2.45, 2.75) is 10.8 Å². The van der Waals surface area contributed by atoms with Crippen LogP contribution in [0.4, 0.5) is 0 Å². The van der Waals surface area contributed by atoms with E-state index in [1.807, 2.05) is 18.2 Å². The number of benzene rings is 16. The molecule has 18 aromatic rings. The fourth-order valence-electron chi connectivity index (χ4n) is 18.6. The topological polar surface area (TPSA) is 64.5 Å². The minimum atomic E-state index is -0.645. The summed E-state index contributed by atoms with van der Waals surface area (Å²) >= 11 is 0. The average Bonchev–Trinajstić information content (AvgIpc) is 1.52. The highest BCUT2D eigenvalue weighted by molar-refractivity contribution is 6.00. The zero-order chi connectivity index (χ0) is 72.4. The Labute approximate surface area is 638 Å². The Balaban J connectivity index is 0.587. The number of rotatable bonds is 9. The molecule has 0 aliphatic heterocycles. The Morgan fingerprint density at radius 2 is 0.391 bits per heavy atom. The molecular formula is C105H65N5. The molecule has 0 atom stereocenters. The molecule has 2 spiro atoms. The Kier molecular flexibility index (Phi) is 14.4. The molecule has 0 unspecified atom stereocenters. The van der Waals surface area contributed by atoms with Gasteiger partial charge in [0, 0.05) is 33.4 Å². The first-order chi connectivity index (χ1) is 54.5. The summed E-state index contributed by atoms with van der Waals surface area (Å²) in [5.74, 6) is 2.49. The van der Waals surface area contributed by atoms with E-state index < -0.39 is 10.8 Å². The van der Waals surface area contributed by atoms with E-state index in [0.717, 1.165) is 78.1 Å². The summed E-state index contributed by atoms with van der Waals surface area (Å²) in [5.41, 5.74) is 37.6. The van der Waals surface area contributed by atoms with Crippen LogP contribution in [0.2, 0.25) is 0 Å². The molecule has 510 valence electrons. The number of hydrogen-bond donors (Lipinski definition) is 0. The maximum absolute atomic E-state index is 5.52. The van der Waals surface area contributed by atoms with Crippen LogP contribution in [0.25, 0.3) is 168 Å². The molecular weight excluding hydrogens is 1330 g/mol. The quantitative estimate of drug-likeness (QED) is 0.144. The molecule has 110 heavy (non-hydrogen) atoms. The molecule has 0 radical (unpaired) electrons. The molecule has 0 amide bonds. The fourth-order valence-corrected chi connectivity index (χ4v) is 18.6. The molecule has 4 aliphatic rings. The van der Waals surface area contributed by atoms with Crippen molar-refractivity contribution in [1.29, 1.82) is 0 Å². The van der Waals surface area contributed by atoms with Crippen molar-refractivity contribution in [3.05, 3.63) is 439 Å². The maximum atomic E-state index is 5.52. The standard InChI is InChI=1S/C105H65N5/c1-3-25-70(26-4-1)98-65-99(107-101(106-98)76-58-60-96-89(63-76)81-36-10-9-35-80(81)83-38-11-17-43-90(83)104(96)92-45-19-13-39-84(92)85-40-14-20-46-93(85)104)74-31-23-29-72(61-74)68-53-49-66(50-54-68)67-51-55-69(56-52-67)73-30-24-32-75(62-73)102-108-100(71-27-5-2-6-28-71)109-103(110-102)77-57-59-88-79-34-8-7-33-78(79)82-37-12-18-44-91(82)105(97(88)64-77)94-47-21-15-41-86(94)87-42-16-22-48-95(87)105/h1-65H. The van der Waals surface area contributed by atoms with E-state index in [1.165, 1.54) is 111 Å². The van der Waals surface area contributed by atoms with Crippen molar-refractivity contribution >= 4 is 0 Å². The van der Waals surface area contributed by atoms with E-state index in [0.29, 0.717) is 23.3 Å². The molecule has 0 N–H and O–H groups in total. The van der Waals surface area contributed by atoms with E-state index >= 15 is 0 Å². The molecule has 0 fully saturated rings. The van der Waals surface area contributed by atoms with Crippen LogP contribution >= 0.6 is 0 Å². The van der Waals surface area contributed by atoms with Gasteiger partial charge < -0.3 is 0 Å². The van der Waals surface area contributed by atoms with Gasteiger partial charge in [0.25, 0.3) is 0 Å². The summed E-state index contributed by atoms with van der Waals surface area (Å²) < 4.78 is 0. The third-order valence-electron chi connectivity index (χ3n) is 23.5. The van der Waals surface area contributed by atoms with Gasteiger partial charge in [-0.25, -0.2) is 24.9 Å². The summed E-state index contributed by atoms with van der Waals surface area (Å²) in [5, 5.41) is 0. The van der Waals surface area contributed by atoms with Gasteiger partial charge in [-0.2, -0.15) is 0 Å². The van der Waals surface area contributed by atoms with Crippen LogP contribution in [0, 0.1) is 0 Å². The van der Waals surface area contributed by atoms with Crippen LogP contribution in [-0.2, 0) is 10.8 Å². The second kappa shape index (κ2) is 25.1. The van der Waals surface area contributed by atoms with Gasteiger partial charge in [-0.1, -0.05) is 364 Å². The predicted molar refractivity (Wildman–Crippen MR) is 448 cm³/mol. The minimum Gasteiger partial charge on any atom is -0.228 e. The van der Waals surface area contributed by atoms with Crippen LogP contribution in [0.1, 0.15) is 44.5 Å². The highest BCUT2D eigenvalue weighted by Crippen LogP contribution is 2.64. The number of hydrogen-bond acceptors (Lipinski definition) is 5. The Bertz CT molecular complexity index is 6680. The van der Waals surface area contributed by atoms with Crippen molar-refractivity contribution in [2.24, 2.45) is 0 Å². The first-order valence-corrected chi connectivity index (χ1v) is 37.8. The number of aromatic nitrogens is 5. The first-order valence-electron chi connectivity index (χ1n) is 37.8. The molecule has 2 aromatic heterocycles. The van der Waals surface area contributed by atoms with Gasteiger partial charge in [-0.05, 0) is 175 Å². The number of fused-ring (bicyclic) bond motifs is 24. The van der Waals surface area contributed by atoms with E-state index in [-0.39, 0.29) is 0 Å². The van der Waals surface area contributed by atoms with Crippen molar-refractivity contribution in [3.63, 3.8) is 0 Å². The fraction of sp³-hybridized carbons (Fsp3) is 0.0190. The molecule has 2 heterocycles. The van der Waals surface area contributed by atoms with Crippen molar-refractivity contribution in [1.82, 2.24) is 24.9 Å². The van der Waals surface area contributed by atoms with Crippen molar-refractivity contribution < 1.29 is 0 Å². The molecule has 0 bridgehead atoms. The third kappa shape index (κ3) is 9.71. The number of nitrogens with zero attached hydrogens (tertiary/aromatic N) is 5. The monoisotopic (exact) mass is 1400 g/mol.